The molecule has 0 aliphatic carbocycles. The van der Waals surface area contributed by atoms with Crippen molar-refractivity contribution >= 4 is 52.3 Å². The summed E-state index contributed by atoms with van der Waals surface area (Å²) in [5.41, 5.74) is 2.61. The Kier molecular flexibility index (Phi) is 5.60. The van der Waals surface area contributed by atoms with Crippen LogP contribution < -0.4 is 15.1 Å². The van der Waals surface area contributed by atoms with Gasteiger partial charge in [-0.3, -0.25) is 29.3 Å². The molecule has 0 spiro atoms. The molecule has 3 amide bonds. The molecule has 3 aromatic rings. The van der Waals surface area contributed by atoms with E-state index < -0.39 is 46.6 Å². The summed E-state index contributed by atoms with van der Waals surface area (Å²) in [6, 6.07) is 17.6. The number of imide groups is 1. The van der Waals surface area contributed by atoms with Crippen LogP contribution in [0.15, 0.2) is 78.9 Å². The van der Waals surface area contributed by atoms with Gasteiger partial charge in [0.1, 0.15) is 6.04 Å². The Morgan fingerprint density at radius 2 is 1.56 bits per heavy atom. The first-order valence-electron chi connectivity index (χ1n) is 12.4. The van der Waals surface area contributed by atoms with Gasteiger partial charge in [0.05, 0.1) is 28.5 Å². The summed E-state index contributed by atoms with van der Waals surface area (Å²) >= 11 is 0. The number of benzene rings is 3. The van der Waals surface area contributed by atoms with Gasteiger partial charge in [0.15, 0.2) is 5.78 Å². The predicted molar refractivity (Wildman–Crippen MR) is 143 cm³/mol. The van der Waals surface area contributed by atoms with Crippen LogP contribution in [0.4, 0.5) is 22.7 Å². The van der Waals surface area contributed by atoms with Crippen LogP contribution in [0.25, 0.3) is 6.08 Å². The molecule has 194 valence electrons. The summed E-state index contributed by atoms with van der Waals surface area (Å²) in [5.74, 6) is -3.32. The van der Waals surface area contributed by atoms with Crippen molar-refractivity contribution in [2.24, 2.45) is 11.8 Å². The third-order valence-corrected chi connectivity index (χ3v) is 7.56. The molecule has 3 aliphatic rings. The van der Waals surface area contributed by atoms with Gasteiger partial charge in [-0.05, 0) is 55.0 Å². The fourth-order valence-electron chi connectivity index (χ4n) is 5.80. The lowest BCUT2D eigenvalue weighted by Gasteiger charge is -2.36. The van der Waals surface area contributed by atoms with Gasteiger partial charge >= 0.3 is 0 Å². The number of amides is 3. The van der Waals surface area contributed by atoms with Crippen molar-refractivity contribution in [3.63, 3.8) is 0 Å². The third kappa shape index (κ3) is 3.80. The SMILES string of the molecule is CC(=O)c1ccc(N2C(=O)[C@@H]3[C@@H](C2=O)[C@@H]2C=Cc4ccccc4N2[C@@H]3C(=O)Nc2ccc([N+](=O)[O-])cc2)cc1. The second kappa shape index (κ2) is 9.02. The van der Waals surface area contributed by atoms with E-state index in [0.29, 0.717) is 16.9 Å². The van der Waals surface area contributed by atoms with E-state index in [1.54, 1.807) is 24.3 Å². The molecule has 10 nitrogen and oxygen atoms in total. The van der Waals surface area contributed by atoms with Crippen molar-refractivity contribution in [1.82, 2.24) is 0 Å². The van der Waals surface area contributed by atoms with Crippen LogP contribution in [0.1, 0.15) is 22.8 Å². The quantitative estimate of drug-likeness (QED) is 0.233. The number of ketones is 1. The third-order valence-electron chi connectivity index (χ3n) is 7.56. The molecule has 3 aliphatic heterocycles. The zero-order chi connectivity index (χ0) is 27.4. The van der Waals surface area contributed by atoms with Crippen LogP contribution in [0.3, 0.4) is 0 Å². The maximum Gasteiger partial charge on any atom is 0.269 e. The molecule has 10 heteroatoms. The summed E-state index contributed by atoms with van der Waals surface area (Å²) in [7, 11) is 0. The number of para-hydroxylation sites is 1. The number of anilines is 3. The van der Waals surface area contributed by atoms with Gasteiger partial charge in [0.25, 0.3) is 5.69 Å². The molecule has 6 rings (SSSR count). The van der Waals surface area contributed by atoms with Crippen molar-refractivity contribution in [1.29, 1.82) is 0 Å². The summed E-state index contributed by atoms with van der Waals surface area (Å²) in [5, 5.41) is 13.8. The van der Waals surface area contributed by atoms with Crippen molar-refractivity contribution in [3.8, 4) is 0 Å². The van der Waals surface area contributed by atoms with E-state index in [-0.39, 0.29) is 11.5 Å². The molecule has 1 N–H and O–H groups in total. The largest absolute Gasteiger partial charge is 0.351 e. The standard InChI is InChI=1S/C29H22N4O6/c1-16(34)17-6-11-20(12-7-17)31-28(36)24-23-15-8-18-4-2-3-5-22(18)32(23)26(25(24)29(31)37)27(35)30-19-9-13-21(14-10-19)33(38)39/h2-15,23-26H,1H3,(H,30,35)/t23-,24-,25+,26-/m0/s1. The summed E-state index contributed by atoms with van der Waals surface area (Å²) in [6.07, 6.45) is 3.75. The van der Waals surface area contributed by atoms with Gasteiger partial charge in [-0.2, -0.15) is 0 Å². The van der Waals surface area contributed by atoms with E-state index in [1.807, 2.05) is 41.3 Å². The van der Waals surface area contributed by atoms with Crippen LogP contribution in [-0.4, -0.2) is 40.5 Å². The molecule has 2 fully saturated rings. The monoisotopic (exact) mass is 522 g/mol. The number of hydrogen-bond donors (Lipinski definition) is 1. The zero-order valence-corrected chi connectivity index (χ0v) is 20.7. The zero-order valence-electron chi connectivity index (χ0n) is 20.7. The van der Waals surface area contributed by atoms with Crippen LogP contribution in [0.5, 0.6) is 0 Å². The smallest absolute Gasteiger partial charge is 0.269 e. The second-order valence-electron chi connectivity index (χ2n) is 9.72. The summed E-state index contributed by atoms with van der Waals surface area (Å²) < 4.78 is 0. The van der Waals surface area contributed by atoms with Gasteiger partial charge in [-0.25, -0.2) is 4.90 Å². The Labute approximate surface area is 222 Å². The number of nitro benzene ring substituents is 1. The molecule has 3 heterocycles. The van der Waals surface area contributed by atoms with Crippen LogP contribution in [0.2, 0.25) is 0 Å². The highest BCUT2D eigenvalue weighted by Gasteiger charge is 2.64. The molecule has 0 saturated carbocycles. The Hall–Kier alpha value is -5.12. The molecule has 2 saturated heterocycles. The predicted octanol–water partition coefficient (Wildman–Crippen LogP) is 3.83. The molecule has 3 aromatic carbocycles. The number of nitro groups is 1. The van der Waals surface area contributed by atoms with Crippen molar-refractivity contribution < 1.29 is 24.1 Å². The van der Waals surface area contributed by atoms with Crippen molar-refractivity contribution in [2.45, 2.75) is 19.0 Å². The maximum atomic E-state index is 13.9. The highest BCUT2D eigenvalue weighted by atomic mass is 16.6. The number of nitrogens with one attached hydrogen (secondary N) is 1. The van der Waals surface area contributed by atoms with Crippen LogP contribution in [0, 0.1) is 22.0 Å². The number of hydrogen-bond acceptors (Lipinski definition) is 7. The minimum absolute atomic E-state index is 0.118. The van der Waals surface area contributed by atoms with E-state index >= 15 is 0 Å². The number of carbonyl (C=O) groups excluding carboxylic acids is 4. The van der Waals surface area contributed by atoms with Crippen LogP contribution in [-0.2, 0) is 14.4 Å². The van der Waals surface area contributed by atoms with Crippen molar-refractivity contribution in [2.75, 3.05) is 15.1 Å². The normalized spacial score (nSPS) is 22.8. The fraction of sp³-hybridized carbons (Fsp3) is 0.172. The first-order valence-corrected chi connectivity index (χ1v) is 12.4. The highest BCUT2D eigenvalue weighted by molar-refractivity contribution is 6.25. The molecule has 39 heavy (non-hydrogen) atoms. The van der Waals surface area contributed by atoms with Gasteiger partial charge < -0.3 is 10.2 Å². The highest BCUT2D eigenvalue weighted by Crippen LogP contribution is 2.49. The molecule has 0 radical (unpaired) electrons. The van der Waals surface area contributed by atoms with E-state index in [4.69, 9.17) is 0 Å². The second-order valence-corrected chi connectivity index (χ2v) is 9.72. The molecule has 0 unspecified atom stereocenters. The topological polar surface area (TPSA) is 130 Å². The van der Waals surface area contributed by atoms with E-state index in [2.05, 4.69) is 5.32 Å². The van der Waals surface area contributed by atoms with E-state index in [0.717, 1.165) is 16.2 Å². The first-order chi connectivity index (χ1) is 18.8. The number of non-ortho nitro benzene ring substituents is 1. The fourth-order valence-corrected chi connectivity index (χ4v) is 5.80. The average molecular weight is 523 g/mol. The van der Waals surface area contributed by atoms with Crippen molar-refractivity contribution in [3.05, 3.63) is 100 Å². The summed E-state index contributed by atoms with van der Waals surface area (Å²) in [4.78, 5) is 66.6. The maximum absolute atomic E-state index is 13.9. The first kappa shape index (κ1) is 24.2. The molecular formula is C29H22N4O6. The number of carbonyl (C=O) groups is 4. The average Bonchev–Trinajstić information content (AvgIpc) is 3.41. The van der Waals surface area contributed by atoms with E-state index in [1.165, 1.54) is 31.2 Å². The number of rotatable bonds is 5. The van der Waals surface area contributed by atoms with Gasteiger partial charge in [-0.15, -0.1) is 0 Å². The molecule has 0 aromatic heterocycles. The van der Waals surface area contributed by atoms with Gasteiger partial charge in [0.2, 0.25) is 17.7 Å². The molecule has 0 bridgehead atoms. The Morgan fingerprint density at radius 1 is 0.897 bits per heavy atom. The van der Waals surface area contributed by atoms with E-state index in [9.17, 15) is 29.3 Å². The number of Topliss-reactive ketones (excluding diaryl/α,β-unsaturated/α-hetero) is 1. The minimum Gasteiger partial charge on any atom is -0.351 e. The molecular weight excluding hydrogens is 500 g/mol. The lowest BCUT2D eigenvalue weighted by Crippen LogP contribution is -2.50. The Morgan fingerprint density at radius 3 is 2.23 bits per heavy atom. The lowest BCUT2D eigenvalue weighted by atomic mass is 9.88. The summed E-state index contributed by atoms with van der Waals surface area (Å²) in [6.45, 7) is 1.43. The minimum atomic E-state index is -1.01. The molecule has 4 atom stereocenters. The number of fused-ring (bicyclic) bond motifs is 5. The van der Waals surface area contributed by atoms with Crippen LogP contribution >= 0.6 is 0 Å². The lowest BCUT2D eigenvalue weighted by molar-refractivity contribution is -0.384. The Bertz CT molecular complexity index is 1580. The van der Waals surface area contributed by atoms with Gasteiger partial charge in [-0.1, -0.05) is 30.4 Å². The Balaban J connectivity index is 1.39. The number of nitrogens with zero attached hydrogens (tertiary/aromatic N) is 3. The van der Waals surface area contributed by atoms with Gasteiger partial charge in [0, 0.05) is 29.1 Å².